The number of rotatable bonds is 7. The van der Waals surface area contributed by atoms with Gasteiger partial charge in [0.15, 0.2) is 11.3 Å². The summed E-state index contributed by atoms with van der Waals surface area (Å²) in [5.74, 6) is -0.455. The van der Waals surface area contributed by atoms with Crippen LogP contribution in [0.4, 0.5) is 11.4 Å². The van der Waals surface area contributed by atoms with E-state index in [0.717, 1.165) is 6.07 Å². The lowest BCUT2D eigenvalue weighted by atomic mass is 10.1. The van der Waals surface area contributed by atoms with Crippen LogP contribution in [0.1, 0.15) is 23.0 Å². The Morgan fingerprint density at radius 2 is 2.00 bits per heavy atom. The summed E-state index contributed by atoms with van der Waals surface area (Å²) in [6.07, 6.45) is 0. The third-order valence-electron chi connectivity index (χ3n) is 4.31. The van der Waals surface area contributed by atoms with E-state index in [4.69, 9.17) is 25.5 Å². The molecule has 12 heteroatoms. The van der Waals surface area contributed by atoms with E-state index in [0.29, 0.717) is 0 Å². The van der Waals surface area contributed by atoms with E-state index in [1.807, 2.05) is 0 Å². The van der Waals surface area contributed by atoms with Crippen LogP contribution in [0.25, 0.3) is 11.0 Å². The van der Waals surface area contributed by atoms with Gasteiger partial charge in [0.05, 0.1) is 34.2 Å². The van der Waals surface area contributed by atoms with Gasteiger partial charge in [-0.25, -0.2) is 13.2 Å². The van der Waals surface area contributed by atoms with Crippen molar-refractivity contribution in [2.75, 3.05) is 18.4 Å². The number of halogens is 1. The van der Waals surface area contributed by atoms with E-state index in [-0.39, 0.29) is 50.3 Å². The quantitative estimate of drug-likeness (QED) is 0.308. The normalized spacial score (nSPS) is 11.4. The van der Waals surface area contributed by atoms with Crippen molar-refractivity contribution in [1.29, 1.82) is 0 Å². The standard InChI is InChI=1S/C19H17ClN2O8S/c1-4-29-19(23)17-10(2)30-18-13(17)7-11(8-14(18)20)21-31(26,27)12-5-6-16(28-3)15(9-12)22(24)25/h5-9,21H,4H2,1-3H3. The Kier molecular flexibility index (Phi) is 6.09. The zero-order valence-corrected chi connectivity index (χ0v) is 18.2. The molecule has 2 aromatic carbocycles. The predicted molar refractivity (Wildman–Crippen MR) is 112 cm³/mol. The molecule has 0 bridgehead atoms. The lowest BCUT2D eigenvalue weighted by Crippen LogP contribution is -2.13. The van der Waals surface area contributed by atoms with Gasteiger partial charge in [-0.3, -0.25) is 14.8 Å². The van der Waals surface area contributed by atoms with Gasteiger partial charge in [-0.15, -0.1) is 0 Å². The number of nitrogens with one attached hydrogen (secondary N) is 1. The molecule has 1 N–H and O–H groups in total. The van der Waals surface area contributed by atoms with Crippen LogP contribution in [-0.4, -0.2) is 33.0 Å². The van der Waals surface area contributed by atoms with Crippen LogP contribution in [0.5, 0.6) is 5.75 Å². The summed E-state index contributed by atoms with van der Waals surface area (Å²) in [6.45, 7) is 3.35. The number of methoxy groups -OCH3 is 1. The number of fused-ring (bicyclic) bond motifs is 1. The number of hydrogen-bond acceptors (Lipinski definition) is 8. The number of nitro groups is 1. The minimum atomic E-state index is -4.23. The van der Waals surface area contributed by atoms with Gasteiger partial charge in [0.1, 0.15) is 11.3 Å². The van der Waals surface area contributed by atoms with Crippen LogP contribution in [0.2, 0.25) is 5.02 Å². The second kappa shape index (κ2) is 8.44. The monoisotopic (exact) mass is 468 g/mol. The molecule has 0 saturated carbocycles. The summed E-state index contributed by atoms with van der Waals surface area (Å²) < 4.78 is 43.4. The molecule has 0 spiro atoms. The summed E-state index contributed by atoms with van der Waals surface area (Å²) >= 11 is 6.22. The number of benzene rings is 2. The van der Waals surface area contributed by atoms with Gasteiger partial charge < -0.3 is 13.9 Å². The molecule has 0 aliphatic rings. The van der Waals surface area contributed by atoms with Gasteiger partial charge in [-0.05, 0) is 38.1 Å². The molecule has 1 aromatic heterocycles. The molecule has 0 unspecified atom stereocenters. The van der Waals surface area contributed by atoms with Crippen LogP contribution in [0.15, 0.2) is 39.6 Å². The second-order valence-corrected chi connectivity index (χ2v) is 8.37. The molecular weight excluding hydrogens is 452 g/mol. The van der Waals surface area contributed by atoms with Crippen molar-refractivity contribution in [3.05, 3.63) is 56.8 Å². The molecule has 0 saturated heterocycles. The first-order valence-corrected chi connectivity index (χ1v) is 10.7. The van der Waals surface area contributed by atoms with Crippen LogP contribution < -0.4 is 9.46 Å². The largest absolute Gasteiger partial charge is 0.490 e. The summed E-state index contributed by atoms with van der Waals surface area (Å²) in [5, 5.41) is 11.5. The van der Waals surface area contributed by atoms with Gasteiger partial charge in [0.25, 0.3) is 10.0 Å². The maximum atomic E-state index is 12.8. The Bertz CT molecular complexity index is 1300. The molecule has 0 atom stereocenters. The summed E-state index contributed by atoms with van der Waals surface area (Å²) in [6, 6.07) is 5.91. The average Bonchev–Trinajstić information content (AvgIpc) is 3.03. The van der Waals surface area contributed by atoms with Gasteiger partial charge in [-0.1, -0.05) is 11.6 Å². The number of ether oxygens (including phenoxy) is 2. The third-order valence-corrected chi connectivity index (χ3v) is 5.97. The van der Waals surface area contributed by atoms with E-state index in [9.17, 15) is 23.3 Å². The number of carbonyl (C=O) groups excluding carboxylic acids is 1. The Morgan fingerprint density at radius 3 is 2.61 bits per heavy atom. The van der Waals surface area contributed by atoms with Crippen molar-refractivity contribution in [3.8, 4) is 5.75 Å². The Labute approximate surface area is 181 Å². The molecule has 0 aliphatic carbocycles. The molecule has 0 radical (unpaired) electrons. The molecular formula is C19H17ClN2O8S. The van der Waals surface area contributed by atoms with Crippen molar-refractivity contribution in [3.63, 3.8) is 0 Å². The molecule has 3 rings (SSSR count). The maximum absolute atomic E-state index is 12.8. The Hall–Kier alpha value is -3.31. The van der Waals surface area contributed by atoms with Gasteiger partial charge in [0.2, 0.25) is 0 Å². The van der Waals surface area contributed by atoms with Crippen molar-refractivity contribution in [2.45, 2.75) is 18.7 Å². The topological polar surface area (TPSA) is 138 Å². The zero-order valence-electron chi connectivity index (χ0n) is 16.6. The fraction of sp³-hybridized carbons (Fsp3) is 0.211. The highest BCUT2D eigenvalue weighted by Crippen LogP contribution is 2.36. The molecule has 3 aromatic rings. The summed E-state index contributed by atoms with van der Waals surface area (Å²) in [5.41, 5.74) is -0.152. The van der Waals surface area contributed by atoms with Crippen molar-refractivity contribution >= 4 is 49.9 Å². The van der Waals surface area contributed by atoms with Gasteiger partial charge in [-0.2, -0.15) is 0 Å². The number of furan rings is 1. The number of nitro benzene ring substituents is 1. The van der Waals surface area contributed by atoms with Crippen LogP contribution in [-0.2, 0) is 14.8 Å². The molecule has 1 heterocycles. The first-order chi connectivity index (χ1) is 14.6. The Balaban J connectivity index is 2.07. The lowest BCUT2D eigenvalue weighted by molar-refractivity contribution is -0.386. The van der Waals surface area contributed by atoms with Crippen molar-refractivity contribution in [1.82, 2.24) is 0 Å². The second-order valence-electron chi connectivity index (χ2n) is 6.28. The van der Waals surface area contributed by atoms with Gasteiger partial charge in [0, 0.05) is 11.5 Å². The highest BCUT2D eigenvalue weighted by molar-refractivity contribution is 7.92. The first-order valence-electron chi connectivity index (χ1n) is 8.84. The minimum absolute atomic E-state index is 0.0299. The van der Waals surface area contributed by atoms with Gasteiger partial charge >= 0.3 is 11.7 Å². The van der Waals surface area contributed by atoms with Crippen molar-refractivity contribution in [2.24, 2.45) is 0 Å². The number of sulfonamides is 1. The fourth-order valence-corrected chi connectivity index (χ4v) is 4.30. The highest BCUT2D eigenvalue weighted by atomic mass is 35.5. The lowest BCUT2D eigenvalue weighted by Gasteiger charge is -2.10. The number of aryl methyl sites for hydroxylation is 1. The van der Waals surface area contributed by atoms with Crippen molar-refractivity contribution < 1.29 is 32.0 Å². The average molecular weight is 469 g/mol. The van der Waals surface area contributed by atoms with E-state index in [1.54, 1.807) is 13.8 Å². The third kappa shape index (κ3) is 4.28. The van der Waals surface area contributed by atoms with Crippen LogP contribution in [0, 0.1) is 17.0 Å². The summed E-state index contributed by atoms with van der Waals surface area (Å²) in [4.78, 5) is 22.4. The number of esters is 1. The maximum Gasteiger partial charge on any atom is 0.342 e. The minimum Gasteiger partial charge on any atom is -0.490 e. The number of hydrogen-bond donors (Lipinski definition) is 1. The van der Waals surface area contributed by atoms with E-state index >= 15 is 0 Å². The van der Waals surface area contributed by atoms with Crippen LogP contribution >= 0.6 is 11.6 Å². The zero-order chi connectivity index (χ0) is 22.9. The number of anilines is 1. The molecule has 0 fully saturated rings. The fourth-order valence-electron chi connectivity index (χ4n) is 2.99. The highest BCUT2D eigenvalue weighted by Gasteiger charge is 2.25. The molecule has 164 valence electrons. The molecule has 0 amide bonds. The smallest absolute Gasteiger partial charge is 0.342 e. The molecule has 0 aliphatic heterocycles. The van der Waals surface area contributed by atoms with E-state index in [2.05, 4.69) is 4.72 Å². The number of nitrogens with zero attached hydrogens (tertiary/aromatic N) is 1. The van der Waals surface area contributed by atoms with E-state index < -0.39 is 26.6 Å². The molecule has 10 nitrogen and oxygen atoms in total. The molecule has 31 heavy (non-hydrogen) atoms. The summed E-state index contributed by atoms with van der Waals surface area (Å²) in [7, 11) is -3.00. The number of carbonyl (C=O) groups is 1. The first kappa shape index (κ1) is 22.4. The van der Waals surface area contributed by atoms with Crippen LogP contribution in [0.3, 0.4) is 0 Å². The Morgan fingerprint density at radius 1 is 1.29 bits per heavy atom. The SMILES string of the molecule is CCOC(=O)c1c(C)oc2c(Cl)cc(NS(=O)(=O)c3ccc(OC)c([N+](=O)[O-])c3)cc12. The van der Waals surface area contributed by atoms with E-state index in [1.165, 1.54) is 31.4 Å². The predicted octanol–water partition coefficient (Wildman–Crippen LogP) is 4.29.